The fraction of sp³-hybridized carbons (Fsp3) is 0.321. The Labute approximate surface area is 247 Å². The van der Waals surface area contributed by atoms with E-state index in [1.54, 1.807) is 25.4 Å². The summed E-state index contributed by atoms with van der Waals surface area (Å²) in [5, 5.41) is 18.4. The number of hydrogen-bond acceptors (Lipinski definition) is 10. The third kappa shape index (κ3) is 6.87. The number of nitrogens with zero attached hydrogens (tertiary/aromatic N) is 3. The number of amides is 1. The number of carbonyl (C=O) groups excluding carboxylic acids is 1. The van der Waals surface area contributed by atoms with Crippen LogP contribution in [0.15, 0.2) is 36.7 Å². The molecule has 1 aliphatic rings. The number of fused-ring (bicyclic) bond motifs is 1. The Morgan fingerprint density at radius 3 is 2.44 bits per heavy atom. The summed E-state index contributed by atoms with van der Waals surface area (Å²) in [5.74, 6) is 1.61. The number of halogens is 2. The van der Waals surface area contributed by atoms with Crippen LogP contribution < -0.4 is 25.4 Å². The van der Waals surface area contributed by atoms with Gasteiger partial charge in [0, 0.05) is 49.6 Å². The average Bonchev–Trinajstić information content (AvgIpc) is 3.82. The van der Waals surface area contributed by atoms with Crippen LogP contribution in [0.25, 0.3) is 27.9 Å². The third-order valence-corrected chi connectivity index (χ3v) is 7.09. The SMILES string of the molecule is C=CC(=O)N/C(C=N)=C(/NCCOC)c1ncc2cc(-c3c(Cl)c(OC)cc(OC)c3Cl)nc(NCC3CC3)c2n1. The fourth-order valence-electron chi connectivity index (χ4n) is 4.01. The number of methoxy groups -OCH3 is 3. The fourth-order valence-corrected chi connectivity index (χ4v) is 4.71. The number of rotatable bonds is 14. The molecule has 0 spiro atoms. The predicted molar refractivity (Wildman–Crippen MR) is 161 cm³/mol. The van der Waals surface area contributed by atoms with E-state index in [0.29, 0.717) is 70.8 Å². The molecule has 3 aromatic rings. The van der Waals surface area contributed by atoms with Crippen molar-refractivity contribution in [2.24, 2.45) is 5.92 Å². The Morgan fingerprint density at radius 1 is 1.15 bits per heavy atom. The molecule has 1 aliphatic carbocycles. The van der Waals surface area contributed by atoms with Crippen LogP contribution in [0, 0.1) is 11.3 Å². The van der Waals surface area contributed by atoms with Crippen molar-refractivity contribution < 1.29 is 19.0 Å². The lowest BCUT2D eigenvalue weighted by Gasteiger charge is -2.17. The molecule has 1 amide bonds. The van der Waals surface area contributed by atoms with Crippen molar-refractivity contribution in [3.8, 4) is 22.8 Å². The molecule has 1 saturated carbocycles. The molecule has 0 radical (unpaired) electrons. The van der Waals surface area contributed by atoms with Gasteiger partial charge in [0.05, 0.1) is 42.3 Å². The molecule has 0 unspecified atom stereocenters. The maximum atomic E-state index is 12.1. The van der Waals surface area contributed by atoms with Crippen LogP contribution in [0.1, 0.15) is 18.7 Å². The first-order chi connectivity index (χ1) is 19.8. The van der Waals surface area contributed by atoms with Crippen LogP contribution in [0.4, 0.5) is 5.82 Å². The summed E-state index contributed by atoms with van der Waals surface area (Å²) in [5.41, 5.74) is 1.98. The summed E-state index contributed by atoms with van der Waals surface area (Å²) < 4.78 is 16.0. The number of aromatic nitrogens is 3. The van der Waals surface area contributed by atoms with E-state index in [2.05, 4.69) is 27.5 Å². The zero-order valence-electron chi connectivity index (χ0n) is 22.9. The van der Waals surface area contributed by atoms with E-state index in [-0.39, 0.29) is 21.6 Å². The second-order valence-corrected chi connectivity index (χ2v) is 9.90. The second kappa shape index (κ2) is 13.6. The van der Waals surface area contributed by atoms with E-state index in [1.165, 1.54) is 14.2 Å². The van der Waals surface area contributed by atoms with E-state index in [1.807, 2.05) is 0 Å². The van der Waals surface area contributed by atoms with Crippen molar-refractivity contribution in [3.63, 3.8) is 0 Å². The van der Waals surface area contributed by atoms with Gasteiger partial charge in [-0.2, -0.15) is 0 Å². The number of pyridine rings is 1. The van der Waals surface area contributed by atoms with Gasteiger partial charge in [-0.25, -0.2) is 15.0 Å². The molecular formula is C28H31Cl2N7O4. The zero-order valence-corrected chi connectivity index (χ0v) is 24.4. The minimum atomic E-state index is -0.476. The molecule has 2 aromatic heterocycles. The van der Waals surface area contributed by atoms with Crippen molar-refractivity contribution in [3.05, 3.63) is 52.6 Å². The Kier molecular flexibility index (Phi) is 9.98. The number of hydrogen-bond donors (Lipinski definition) is 4. The summed E-state index contributed by atoms with van der Waals surface area (Å²) in [6, 6.07) is 3.40. The maximum Gasteiger partial charge on any atom is 0.247 e. The Bertz CT molecular complexity index is 1480. The van der Waals surface area contributed by atoms with Crippen LogP contribution in [0.3, 0.4) is 0 Å². The van der Waals surface area contributed by atoms with Crippen LogP contribution in [-0.2, 0) is 9.53 Å². The van der Waals surface area contributed by atoms with E-state index in [9.17, 15) is 4.79 Å². The Morgan fingerprint density at radius 2 is 1.85 bits per heavy atom. The largest absolute Gasteiger partial charge is 0.495 e. The average molecular weight is 601 g/mol. The Balaban J connectivity index is 1.90. The molecule has 4 N–H and O–H groups in total. The van der Waals surface area contributed by atoms with E-state index >= 15 is 0 Å². The normalized spacial score (nSPS) is 13.3. The zero-order chi connectivity index (χ0) is 29.5. The minimum Gasteiger partial charge on any atom is -0.495 e. The standard InChI is InChI=1S/C28H31Cl2N7O4/c1-5-21(38)35-18(12-31)26(32-8-9-39-2)28-34-14-16-10-17(36-27(25(16)37-28)33-13-15-6-7-15)22-23(29)19(40-3)11-20(41-4)24(22)30/h5,10-12,14-15,31-32H,1,6-9,13H2,2-4H3,(H,33,36)(H,35,38)/b26-18+,31-12?. The van der Waals surface area contributed by atoms with E-state index in [4.69, 9.17) is 52.8 Å². The molecule has 0 aliphatic heterocycles. The summed E-state index contributed by atoms with van der Waals surface area (Å²) in [6.07, 6.45) is 6.04. The topological polar surface area (TPSA) is 143 Å². The van der Waals surface area contributed by atoms with Crippen LogP contribution in [0.5, 0.6) is 11.5 Å². The van der Waals surface area contributed by atoms with Crippen molar-refractivity contribution in [1.82, 2.24) is 25.6 Å². The lowest BCUT2D eigenvalue weighted by atomic mass is 10.1. The van der Waals surface area contributed by atoms with Gasteiger partial charge in [-0.15, -0.1) is 0 Å². The lowest BCUT2D eigenvalue weighted by Crippen LogP contribution is -2.28. The maximum absolute atomic E-state index is 12.1. The van der Waals surface area contributed by atoms with Gasteiger partial charge in [0.2, 0.25) is 5.91 Å². The van der Waals surface area contributed by atoms with E-state index < -0.39 is 5.91 Å². The quantitative estimate of drug-likeness (QED) is 0.118. The third-order valence-electron chi connectivity index (χ3n) is 6.34. The van der Waals surface area contributed by atoms with Crippen LogP contribution in [0.2, 0.25) is 10.0 Å². The first kappa shape index (κ1) is 30.0. The van der Waals surface area contributed by atoms with Gasteiger partial charge in [-0.05, 0) is 30.9 Å². The van der Waals surface area contributed by atoms with Crippen LogP contribution in [-0.4, -0.2) is 68.1 Å². The molecule has 11 nitrogen and oxygen atoms in total. The van der Waals surface area contributed by atoms with Gasteiger partial charge in [0.1, 0.15) is 22.7 Å². The molecule has 4 rings (SSSR count). The predicted octanol–water partition coefficient (Wildman–Crippen LogP) is 4.69. The van der Waals surface area contributed by atoms with Gasteiger partial charge >= 0.3 is 0 Å². The molecule has 0 saturated heterocycles. The first-order valence-electron chi connectivity index (χ1n) is 12.8. The summed E-state index contributed by atoms with van der Waals surface area (Å²) in [4.78, 5) is 26.3. The number of benzene rings is 1. The first-order valence-corrected chi connectivity index (χ1v) is 13.5. The summed E-state index contributed by atoms with van der Waals surface area (Å²) in [6.45, 7) is 4.95. The number of anilines is 1. The van der Waals surface area contributed by atoms with Crippen LogP contribution >= 0.6 is 23.2 Å². The number of ether oxygens (including phenoxy) is 3. The molecule has 216 valence electrons. The molecule has 0 atom stereocenters. The molecule has 0 bridgehead atoms. The van der Waals surface area contributed by atoms with Crippen molar-refractivity contribution >= 4 is 57.7 Å². The van der Waals surface area contributed by atoms with Gasteiger partial charge < -0.3 is 35.6 Å². The molecule has 2 heterocycles. The smallest absolute Gasteiger partial charge is 0.247 e. The van der Waals surface area contributed by atoms with Gasteiger partial charge in [-0.1, -0.05) is 29.8 Å². The Hall–Kier alpha value is -3.93. The monoisotopic (exact) mass is 599 g/mol. The number of allylic oxidation sites excluding steroid dienone is 1. The molecular weight excluding hydrogens is 569 g/mol. The van der Waals surface area contributed by atoms with E-state index in [0.717, 1.165) is 25.1 Å². The molecule has 41 heavy (non-hydrogen) atoms. The van der Waals surface area contributed by atoms with Gasteiger partial charge in [0.15, 0.2) is 11.6 Å². The highest BCUT2D eigenvalue weighted by molar-refractivity contribution is 6.41. The summed E-state index contributed by atoms with van der Waals surface area (Å²) >= 11 is 13.4. The minimum absolute atomic E-state index is 0.171. The summed E-state index contributed by atoms with van der Waals surface area (Å²) in [7, 11) is 4.60. The highest BCUT2D eigenvalue weighted by Gasteiger charge is 2.24. The number of carbonyl (C=O) groups is 1. The highest BCUT2D eigenvalue weighted by Crippen LogP contribution is 2.46. The lowest BCUT2D eigenvalue weighted by molar-refractivity contribution is -0.115. The second-order valence-electron chi connectivity index (χ2n) is 9.14. The van der Waals surface area contributed by atoms with Gasteiger partial charge in [-0.3, -0.25) is 4.79 Å². The number of nitrogens with one attached hydrogen (secondary N) is 4. The molecule has 1 fully saturated rings. The van der Waals surface area contributed by atoms with Crippen molar-refractivity contribution in [2.75, 3.05) is 46.3 Å². The van der Waals surface area contributed by atoms with Gasteiger partial charge in [0.25, 0.3) is 0 Å². The molecule has 13 heteroatoms. The highest BCUT2D eigenvalue weighted by atomic mass is 35.5. The van der Waals surface area contributed by atoms with Crippen molar-refractivity contribution in [1.29, 1.82) is 5.41 Å². The van der Waals surface area contributed by atoms with Crippen molar-refractivity contribution in [2.45, 2.75) is 12.8 Å². The molecule has 1 aromatic carbocycles.